The van der Waals surface area contributed by atoms with E-state index < -0.39 is 0 Å². The molecule has 0 aliphatic rings. The predicted molar refractivity (Wildman–Crippen MR) is 99.4 cm³/mol. The van der Waals surface area contributed by atoms with E-state index in [1.54, 1.807) is 12.3 Å². The Bertz CT molecular complexity index is 582. The van der Waals surface area contributed by atoms with Crippen LogP contribution in [0.1, 0.15) is 18.1 Å². The molecule has 2 aromatic rings. The molecule has 3 N–H and O–H groups in total. The van der Waals surface area contributed by atoms with Crippen molar-refractivity contribution in [1.82, 2.24) is 4.98 Å². The lowest BCUT2D eigenvalue weighted by Crippen LogP contribution is -2.22. The maximum atomic E-state index is 5.85. The number of guanidine groups is 1. The highest BCUT2D eigenvalue weighted by atomic mass is 127. The first kappa shape index (κ1) is 17.7. The van der Waals surface area contributed by atoms with Gasteiger partial charge in [0.05, 0.1) is 6.54 Å². The second kappa shape index (κ2) is 8.84. The lowest BCUT2D eigenvalue weighted by atomic mass is 10.1. The van der Waals surface area contributed by atoms with Gasteiger partial charge in [-0.1, -0.05) is 36.7 Å². The first-order valence-electron chi connectivity index (χ1n) is 6.43. The Morgan fingerprint density at radius 3 is 2.43 bits per heavy atom. The minimum Gasteiger partial charge on any atom is -0.370 e. The Kier molecular flexibility index (Phi) is 7.45. The third kappa shape index (κ3) is 5.89. The zero-order valence-electron chi connectivity index (χ0n) is 11.7. The van der Waals surface area contributed by atoms with Crippen molar-refractivity contribution < 1.29 is 0 Å². The molecule has 0 saturated carbocycles. The molecule has 0 aliphatic carbocycles. The molecule has 4 nitrogen and oxygen atoms in total. The van der Waals surface area contributed by atoms with Crippen LogP contribution in [0.15, 0.2) is 47.6 Å². The number of hydrogen-bond donors (Lipinski definition) is 2. The van der Waals surface area contributed by atoms with Gasteiger partial charge in [0.15, 0.2) is 5.96 Å². The third-order valence-corrected chi connectivity index (χ3v) is 3.08. The van der Waals surface area contributed by atoms with Crippen LogP contribution in [-0.2, 0) is 13.0 Å². The highest BCUT2D eigenvalue weighted by Crippen LogP contribution is 2.10. The Labute approximate surface area is 146 Å². The molecule has 0 amide bonds. The summed E-state index contributed by atoms with van der Waals surface area (Å²) in [6.45, 7) is 2.59. The van der Waals surface area contributed by atoms with Crippen molar-refractivity contribution in [3.8, 4) is 0 Å². The molecule has 0 radical (unpaired) electrons. The van der Waals surface area contributed by atoms with Crippen LogP contribution in [0.4, 0.5) is 5.69 Å². The van der Waals surface area contributed by atoms with Crippen LogP contribution in [0.2, 0.25) is 5.15 Å². The molecule has 0 fully saturated rings. The van der Waals surface area contributed by atoms with Gasteiger partial charge >= 0.3 is 0 Å². The van der Waals surface area contributed by atoms with Gasteiger partial charge < -0.3 is 11.1 Å². The first-order chi connectivity index (χ1) is 9.67. The van der Waals surface area contributed by atoms with Gasteiger partial charge in [0, 0.05) is 11.9 Å². The summed E-state index contributed by atoms with van der Waals surface area (Å²) in [6, 6.07) is 11.7. The molecule has 21 heavy (non-hydrogen) atoms. The summed E-state index contributed by atoms with van der Waals surface area (Å²) in [4.78, 5) is 8.26. The molecule has 1 heterocycles. The van der Waals surface area contributed by atoms with E-state index in [9.17, 15) is 0 Å². The number of rotatable bonds is 4. The van der Waals surface area contributed by atoms with Crippen molar-refractivity contribution in [3.63, 3.8) is 0 Å². The zero-order chi connectivity index (χ0) is 14.4. The fourth-order valence-corrected chi connectivity index (χ4v) is 1.80. The number of benzene rings is 1. The van der Waals surface area contributed by atoms with E-state index in [-0.39, 0.29) is 24.0 Å². The second-order valence-corrected chi connectivity index (χ2v) is 4.75. The number of nitrogens with two attached hydrogens (primary N) is 1. The second-order valence-electron chi connectivity index (χ2n) is 4.37. The largest absolute Gasteiger partial charge is 0.370 e. The minimum atomic E-state index is 0. The van der Waals surface area contributed by atoms with Crippen molar-refractivity contribution >= 4 is 47.2 Å². The van der Waals surface area contributed by atoms with Gasteiger partial charge in [0.2, 0.25) is 0 Å². The van der Waals surface area contributed by atoms with Gasteiger partial charge in [-0.2, -0.15) is 0 Å². The van der Waals surface area contributed by atoms with Gasteiger partial charge in [0.25, 0.3) is 0 Å². The van der Waals surface area contributed by atoms with Crippen molar-refractivity contribution in [3.05, 3.63) is 58.9 Å². The summed E-state index contributed by atoms with van der Waals surface area (Å²) in [6.07, 6.45) is 2.71. The predicted octanol–water partition coefficient (Wildman–Crippen LogP) is 3.84. The molecule has 0 saturated heterocycles. The molecule has 1 aromatic carbocycles. The van der Waals surface area contributed by atoms with Crippen LogP contribution in [0, 0.1) is 0 Å². The fourth-order valence-electron chi connectivity index (χ4n) is 1.69. The lowest BCUT2D eigenvalue weighted by Gasteiger charge is -2.06. The molecular formula is C15H18ClIN4. The van der Waals surface area contributed by atoms with E-state index in [1.165, 1.54) is 5.56 Å². The molecule has 0 unspecified atom stereocenters. The van der Waals surface area contributed by atoms with Crippen LogP contribution < -0.4 is 11.1 Å². The van der Waals surface area contributed by atoms with Crippen LogP contribution in [0.25, 0.3) is 0 Å². The topological polar surface area (TPSA) is 63.3 Å². The molecule has 0 atom stereocenters. The maximum absolute atomic E-state index is 5.85. The van der Waals surface area contributed by atoms with Crippen molar-refractivity contribution in [1.29, 1.82) is 0 Å². The summed E-state index contributed by atoms with van der Waals surface area (Å²) in [5, 5.41) is 3.53. The average molecular weight is 417 g/mol. The lowest BCUT2D eigenvalue weighted by molar-refractivity contribution is 1.04. The molecule has 2 rings (SSSR count). The number of nitrogens with one attached hydrogen (secondary N) is 1. The fraction of sp³-hybridized carbons (Fsp3) is 0.200. The van der Waals surface area contributed by atoms with E-state index in [2.05, 4.69) is 34.3 Å². The van der Waals surface area contributed by atoms with Gasteiger partial charge in [-0.3, -0.25) is 0 Å². The molecular weight excluding hydrogens is 399 g/mol. The van der Waals surface area contributed by atoms with Crippen molar-refractivity contribution in [2.45, 2.75) is 19.9 Å². The first-order valence-corrected chi connectivity index (χ1v) is 6.81. The van der Waals surface area contributed by atoms with Crippen LogP contribution in [-0.4, -0.2) is 10.9 Å². The number of pyridine rings is 1. The summed E-state index contributed by atoms with van der Waals surface area (Å²) in [5.41, 5.74) is 9.02. The number of anilines is 1. The van der Waals surface area contributed by atoms with E-state index in [0.29, 0.717) is 17.7 Å². The number of nitrogens with zero attached hydrogens (tertiary/aromatic N) is 2. The van der Waals surface area contributed by atoms with E-state index in [4.69, 9.17) is 17.3 Å². The molecule has 112 valence electrons. The number of hydrogen-bond acceptors (Lipinski definition) is 2. The average Bonchev–Trinajstić information content (AvgIpc) is 2.47. The molecule has 6 heteroatoms. The Morgan fingerprint density at radius 2 is 1.86 bits per heavy atom. The summed E-state index contributed by atoms with van der Waals surface area (Å²) in [7, 11) is 0. The molecule has 0 bridgehead atoms. The van der Waals surface area contributed by atoms with E-state index >= 15 is 0 Å². The summed E-state index contributed by atoms with van der Waals surface area (Å²) in [5.74, 6) is 0.379. The Morgan fingerprint density at radius 1 is 1.19 bits per heavy atom. The normalized spacial score (nSPS) is 10.9. The summed E-state index contributed by atoms with van der Waals surface area (Å²) < 4.78 is 0. The van der Waals surface area contributed by atoms with Crippen molar-refractivity contribution in [2.75, 3.05) is 5.32 Å². The summed E-state index contributed by atoms with van der Waals surface area (Å²) >= 11 is 5.72. The SMILES string of the molecule is CCc1ccc(NC(N)=NCc2ccc(Cl)nc2)cc1.I. The number of halogens is 2. The van der Waals surface area contributed by atoms with Crippen LogP contribution in [0.3, 0.4) is 0 Å². The highest BCUT2D eigenvalue weighted by Gasteiger charge is 1.97. The monoisotopic (exact) mass is 416 g/mol. The standard InChI is InChI=1S/C15H17ClN4.HI/c1-2-11-3-6-13(7-4-11)20-15(17)19-10-12-5-8-14(16)18-9-12;/h3-9H,2,10H2,1H3,(H3,17,19,20);1H. The number of aryl methyl sites for hydroxylation is 1. The van der Waals surface area contributed by atoms with E-state index in [1.807, 2.05) is 18.2 Å². The molecule has 0 spiro atoms. The quantitative estimate of drug-likeness (QED) is 0.344. The zero-order valence-corrected chi connectivity index (χ0v) is 14.8. The Balaban J connectivity index is 0.00000220. The smallest absolute Gasteiger partial charge is 0.193 e. The van der Waals surface area contributed by atoms with E-state index in [0.717, 1.165) is 17.7 Å². The molecule has 0 aliphatic heterocycles. The van der Waals surface area contributed by atoms with Gasteiger partial charge in [-0.15, -0.1) is 24.0 Å². The maximum Gasteiger partial charge on any atom is 0.193 e. The minimum absolute atomic E-state index is 0. The number of aromatic nitrogens is 1. The van der Waals surface area contributed by atoms with Gasteiger partial charge in [-0.05, 0) is 35.7 Å². The Hall–Kier alpha value is -1.34. The van der Waals surface area contributed by atoms with Gasteiger partial charge in [-0.25, -0.2) is 9.98 Å². The van der Waals surface area contributed by atoms with Crippen molar-refractivity contribution in [2.24, 2.45) is 10.7 Å². The highest BCUT2D eigenvalue weighted by molar-refractivity contribution is 14.0. The van der Waals surface area contributed by atoms with Crippen LogP contribution >= 0.6 is 35.6 Å². The molecule has 1 aromatic heterocycles. The van der Waals surface area contributed by atoms with Gasteiger partial charge in [0.1, 0.15) is 5.15 Å². The van der Waals surface area contributed by atoms with Crippen LogP contribution in [0.5, 0.6) is 0 Å². The third-order valence-electron chi connectivity index (χ3n) is 2.86. The number of aliphatic imine (C=N–C) groups is 1.